The molecule has 1 N–H and O–H groups in total. The minimum Gasteiger partial charge on any atom is -0.352 e. The van der Waals surface area contributed by atoms with Crippen molar-refractivity contribution in [3.05, 3.63) is 94.5 Å². The van der Waals surface area contributed by atoms with E-state index in [-0.39, 0.29) is 34.1 Å². The second kappa shape index (κ2) is 12.9. The Morgan fingerprint density at radius 2 is 1.62 bits per heavy atom. The molecule has 1 aliphatic carbocycles. The van der Waals surface area contributed by atoms with Crippen molar-refractivity contribution < 1.29 is 18.0 Å². The normalized spacial score (nSPS) is 14.5. The molecule has 1 fully saturated rings. The molecule has 39 heavy (non-hydrogen) atoms. The minimum absolute atomic E-state index is 0.0196. The number of rotatable bonds is 10. The quantitative estimate of drug-likeness (QED) is 0.331. The summed E-state index contributed by atoms with van der Waals surface area (Å²) in [4.78, 5) is 28.6. The highest BCUT2D eigenvalue weighted by Crippen LogP contribution is 2.31. The Morgan fingerprint density at radius 1 is 0.949 bits per heavy atom. The fourth-order valence-electron chi connectivity index (χ4n) is 4.69. The van der Waals surface area contributed by atoms with Gasteiger partial charge in [0.1, 0.15) is 12.6 Å². The first-order valence-electron chi connectivity index (χ1n) is 12.8. The Bertz CT molecular complexity index is 1410. The summed E-state index contributed by atoms with van der Waals surface area (Å²) in [6.45, 7) is 1.17. The third kappa shape index (κ3) is 7.12. The molecule has 0 bridgehead atoms. The lowest BCUT2D eigenvalue weighted by Gasteiger charge is -2.32. The van der Waals surface area contributed by atoms with E-state index >= 15 is 0 Å². The van der Waals surface area contributed by atoms with Gasteiger partial charge in [0.25, 0.3) is 10.0 Å². The van der Waals surface area contributed by atoms with Gasteiger partial charge in [-0.1, -0.05) is 78.5 Å². The van der Waals surface area contributed by atoms with E-state index in [0.717, 1.165) is 30.0 Å². The van der Waals surface area contributed by atoms with E-state index in [9.17, 15) is 18.0 Å². The third-order valence-electron chi connectivity index (χ3n) is 6.84. The van der Waals surface area contributed by atoms with Gasteiger partial charge >= 0.3 is 0 Å². The number of halogens is 2. The largest absolute Gasteiger partial charge is 0.352 e. The van der Waals surface area contributed by atoms with Crippen LogP contribution in [0.25, 0.3) is 0 Å². The summed E-state index contributed by atoms with van der Waals surface area (Å²) in [7, 11) is -4.17. The molecule has 0 aliphatic heterocycles. The van der Waals surface area contributed by atoms with E-state index < -0.39 is 28.5 Å². The van der Waals surface area contributed by atoms with Crippen molar-refractivity contribution in [1.29, 1.82) is 0 Å². The van der Waals surface area contributed by atoms with E-state index in [4.69, 9.17) is 23.2 Å². The highest BCUT2D eigenvalue weighted by atomic mass is 35.5. The highest BCUT2D eigenvalue weighted by Gasteiger charge is 2.34. The molecule has 206 valence electrons. The molecule has 0 spiro atoms. The second-order valence-electron chi connectivity index (χ2n) is 9.59. The van der Waals surface area contributed by atoms with E-state index in [2.05, 4.69) is 5.32 Å². The molecule has 0 aromatic heterocycles. The van der Waals surface area contributed by atoms with Crippen molar-refractivity contribution in [3.63, 3.8) is 0 Å². The maximum atomic E-state index is 14.0. The average molecular weight is 589 g/mol. The first kappa shape index (κ1) is 28.9. The smallest absolute Gasteiger partial charge is 0.264 e. The number of hydrogen-bond donors (Lipinski definition) is 1. The number of anilines is 1. The summed E-state index contributed by atoms with van der Waals surface area (Å²) < 4.78 is 28.6. The number of para-hydroxylation sites is 1. The van der Waals surface area contributed by atoms with Gasteiger partial charge in [0.2, 0.25) is 11.8 Å². The fraction of sp³-hybridized carbons (Fsp3) is 0.310. The summed E-state index contributed by atoms with van der Waals surface area (Å²) >= 11 is 12.6. The Labute approximate surface area is 239 Å². The van der Waals surface area contributed by atoms with Crippen LogP contribution in [-0.2, 0) is 26.2 Å². The zero-order chi connectivity index (χ0) is 28.0. The van der Waals surface area contributed by atoms with Crippen LogP contribution in [0.4, 0.5) is 5.69 Å². The van der Waals surface area contributed by atoms with Crippen molar-refractivity contribution in [1.82, 2.24) is 10.2 Å². The Morgan fingerprint density at radius 3 is 2.28 bits per heavy atom. The first-order chi connectivity index (χ1) is 18.7. The van der Waals surface area contributed by atoms with Crippen molar-refractivity contribution >= 4 is 50.7 Å². The molecule has 1 saturated carbocycles. The molecule has 1 aliphatic rings. The van der Waals surface area contributed by atoms with Gasteiger partial charge < -0.3 is 10.2 Å². The van der Waals surface area contributed by atoms with Crippen molar-refractivity contribution in [3.8, 4) is 0 Å². The Balaban J connectivity index is 1.69. The van der Waals surface area contributed by atoms with E-state index in [1.807, 2.05) is 0 Å². The molecule has 7 nitrogen and oxygen atoms in total. The average Bonchev–Trinajstić information content (AvgIpc) is 3.44. The van der Waals surface area contributed by atoms with E-state index in [1.54, 1.807) is 73.7 Å². The van der Waals surface area contributed by atoms with Crippen molar-refractivity contribution in [2.75, 3.05) is 10.8 Å². The maximum Gasteiger partial charge on any atom is 0.264 e. The third-order valence-corrected chi connectivity index (χ3v) is 9.17. The number of nitrogens with zero attached hydrogens (tertiary/aromatic N) is 2. The molecule has 0 unspecified atom stereocenters. The molecular weight excluding hydrogens is 557 g/mol. The van der Waals surface area contributed by atoms with Crippen LogP contribution in [0.15, 0.2) is 83.8 Å². The summed E-state index contributed by atoms with van der Waals surface area (Å²) in [5, 5.41) is 3.72. The number of sulfonamides is 1. The second-order valence-corrected chi connectivity index (χ2v) is 12.3. The molecule has 4 rings (SSSR count). The number of benzene rings is 3. The van der Waals surface area contributed by atoms with E-state index in [0.29, 0.717) is 10.6 Å². The number of carbonyl (C=O) groups is 2. The van der Waals surface area contributed by atoms with Gasteiger partial charge in [0.15, 0.2) is 0 Å². The van der Waals surface area contributed by atoms with Gasteiger partial charge in [-0.2, -0.15) is 0 Å². The van der Waals surface area contributed by atoms with Crippen LogP contribution in [0, 0.1) is 0 Å². The monoisotopic (exact) mass is 587 g/mol. The molecule has 3 aromatic rings. The maximum absolute atomic E-state index is 14.0. The van der Waals surface area contributed by atoms with Gasteiger partial charge in [-0.15, -0.1) is 0 Å². The van der Waals surface area contributed by atoms with Gasteiger partial charge in [-0.3, -0.25) is 13.9 Å². The topological polar surface area (TPSA) is 86.8 Å². The Hall–Kier alpha value is -3.07. The van der Waals surface area contributed by atoms with Gasteiger partial charge in [0, 0.05) is 17.6 Å². The number of amides is 2. The van der Waals surface area contributed by atoms with E-state index in [1.165, 1.54) is 17.0 Å². The zero-order valence-corrected chi connectivity index (χ0v) is 23.9. The van der Waals surface area contributed by atoms with Gasteiger partial charge in [0.05, 0.1) is 15.6 Å². The Kier molecular flexibility index (Phi) is 9.53. The van der Waals surface area contributed by atoms with Crippen LogP contribution >= 0.6 is 23.2 Å². The molecular formula is C29H31Cl2N3O4S. The molecule has 0 heterocycles. The standard InChI is InChI=1S/C29H31Cl2N3O4S/c1-21(29(36)32-24-12-5-6-13-24)33(19-22-10-9-11-23(30)18-22)28(35)20-34(27-17-8-7-16-26(27)31)39(37,38)25-14-3-2-4-15-25/h2-4,7-11,14-18,21,24H,5-6,12-13,19-20H2,1H3,(H,32,36)/t21-/m0/s1. The van der Waals surface area contributed by atoms with Gasteiger partial charge in [-0.05, 0) is 61.7 Å². The predicted octanol–water partition coefficient (Wildman–Crippen LogP) is 5.66. The number of nitrogens with one attached hydrogen (secondary N) is 1. The minimum atomic E-state index is -4.17. The predicted molar refractivity (Wildman–Crippen MR) is 154 cm³/mol. The molecule has 1 atom stereocenters. The lowest BCUT2D eigenvalue weighted by Crippen LogP contribution is -2.52. The highest BCUT2D eigenvalue weighted by molar-refractivity contribution is 7.92. The zero-order valence-electron chi connectivity index (χ0n) is 21.6. The van der Waals surface area contributed by atoms with Crippen LogP contribution in [0.5, 0.6) is 0 Å². The van der Waals surface area contributed by atoms with Crippen LogP contribution in [0.2, 0.25) is 10.0 Å². The first-order valence-corrected chi connectivity index (χ1v) is 15.0. The molecule has 10 heteroatoms. The summed E-state index contributed by atoms with van der Waals surface area (Å²) in [6.07, 6.45) is 3.90. The molecule has 2 amide bonds. The van der Waals surface area contributed by atoms with Crippen LogP contribution < -0.4 is 9.62 Å². The fourth-order valence-corrected chi connectivity index (χ4v) is 6.65. The van der Waals surface area contributed by atoms with Crippen LogP contribution in [-0.4, -0.2) is 43.8 Å². The van der Waals surface area contributed by atoms with Crippen LogP contribution in [0.1, 0.15) is 38.2 Å². The SMILES string of the molecule is C[C@@H](C(=O)NC1CCCC1)N(Cc1cccc(Cl)c1)C(=O)CN(c1ccccc1Cl)S(=O)(=O)c1ccccc1. The van der Waals surface area contributed by atoms with Gasteiger partial charge in [-0.25, -0.2) is 8.42 Å². The molecule has 3 aromatic carbocycles. The number of carbonyl (C=O) groups excluding carboxylic acids is 2. The van der Waals surface area contributed by atoms with Crippen molar-refractivity contribution in [2.45, 2.75) is 56.1 Å². The molecule has 0 radical (unpaired) electrons. The summed E-state index contributed by atoms with van der Waals surface area (Å²) in [6, 6.07) is 20.5. The van der Waals surface area contributed by atoms with Crippen molar-refractivity contribution in [2.24, 2.45) is 0 Å². The lowest BCUT2D eigenvalue weighted by molar-refractivity contribution is -0.139. The summed E-state index contributed by atoms with van der Waals surface area (Å²) in [5.41, 5.74) is 0.883. The lowest BCUT2D eigenvalue weighted by atomic mass is 10.1. The summed E-state index contributed by atoms with van der Waals surface area (Å²) in [5.74, 6) is -0.837. The molecule has 0 saturated heterocycles. The van der Waals surface area contributed by atoms with Crippen LogP contribution in [0.3, 0.4) is 0 Å². The number of hydrogen-bond acceptors (Lipinski definition) is 4.